The molecule has 5 nitrogen and oxygen atoms in total. The summed E-state index contributed by atoms with van der Waals surface area (Å²) in [5.74, 6) is -1.18. The Balaban J connectivity index is 2.72. The van der Waals surface area contributed by atoms with Crippen LogP contribution in [0.3, 0.4) is 0 Å². The maximum Gasteiger partial charge on any atom is 0.390 e. The maximum absolute atomic E-state index is 12.1. The van der Waals surface area contributed by atoms with Gasteiger partial charge in [-0.15, -0.1) is 0 Å². The first-order valence-corrected chi connectivity index (χ1v) is 6.50. The zero-order chi connectivity index (χ0) is 16.2. The lowest BCUT2D eigenvalue weighted by Crippen LogP contribution is -2.34. The quantitative estimate of drug-likeness (QED) is 0.853. The van der Waals surface area contributed by atoms with Crippen LogP contribution < -0.4 is 5.32 Å². The number of alkyl halides is 3. The summed E-state index contributed by atoms with van der Waals surface area (Å²) in [4.78, 5) is 23.4. The van der Waals surface area contributed by atoms with Crippen molar-refractivity contribution in [2.75, 3.05) is 18.9 Å². The van der Waals surface area contributed by atoms with E-state index >= 15 is 0 Å². The number of urea groups is 1. The number of carbonyl (C=O) groups excluding carboxylic acids is 1. The summed E-state index contributed by atoms with van der Waals surface area (Å²) in [5.41, 5.74) is 0.114. The molecule has 0 aliphatic rings. The Bertz CT molecular complexity index is 549. The first-order valence-electron chi connectivity index (χ1n) is 5.71. The summed E-state index contributed by atoms with van der Waals surface area (Å²) in [7, 11) is 1.22. The molecule has 9 heteroatoms. The van der Waals surface area contributed by atoms with Gasteiger partial charge < -0.3 is 15.3 Å². The van der Waals surface area contributed by atoms with Crippen molar-refractivity contribution in [3.8, 4) is 0 Å². The average molecular weight is 369 g/mol. The smallest absolute Gasteiger partial charge is 0.390 e. The van der Waals surface area contributed by atoms with E-state index in [0.29, 0.717) is 4.47 Å². The van der Waals surface area contributed by atoms with Crippen LogP contribution in [0.5, 0.6) is 0 Å². The monoisotopic (exact) mass is 368 g/mol. The predicted octanol–water partition coefficient (Wildman–Crippen LogP) is 3.56. The summed E-state index contributed by atoms with van der Waals surface area (Å²) in [6, 6.07) is 3.24. The number of hydrogen-bond donors (Lipinski definition) is 2. The molecule has 0 unspecified atom stereocenters. The van der Waals surface area contributed by atoms with E-state index in [2.05, 4.69) is 21.2 Å². The highest BCUT2D eigenvalue weighted by Gasteiger charge is 2.28. The molecule has 0 radical (unpaired) electrons. The largest absolute Gasteiger partial charge is 0.478 e. The maximum atomic E-state index is 12.1. The number of carbonyl (C=O) groups is 2. The Hall–Kier alpha value is -1.77. The number of halogens is 4. The predicted molar refractivity (Wildman–Crippen MR) is 73.4 cm³/mol. The van der Waals surface area contributed by atoms with Crippen molar-refractivity contribution in [1.29, 1.82) is 0 Å². The number of anilines is 1. The Morgan fingerprint density at radius 3 is 2.48 bits per heavy atom. The van der Waals surface area contributed by atoms with E-state index in [0.717, 1.165) is 4.90 Å². The third kappa shape index (κ3) is 6.03. The number of aromatic carboxylic acids is 1. The second kappa shape index (κ2) is 6.79. The van der Waals surface area contributed by atoms with Crippen LogP contribution in [0.4, 0.5) is 23.7 Å². The molecule has 0 spiro atoms. The second-order valence-electron chi connectivity index (χ2n) is 4.25. The highest BCUT2D eigenvalue weighted by molar-refractivity contribution is 9.10. The first-order chi connectivity index (χ1) is 9.58. The highest BCUT2D eigenvalue weighted by atomic mass is 79.9. The molecule has 0 heterocycles. The molecule has 1 aromatic carbocycles. The molecule has 0 aromatic heterocycles. The number of amides is 2. The fraction of sp³-hybridized carbons (Fsp3) is 0.333. The van der Waals surface area contributed by atoms with Gasteiger partial charge in [-0.3, -0.25) is 0 Å². The molecule has 0 saturated heterocycles. The molecule has 0 bridgehead atoms. The van der Waals surface area contributed by atoms with Crippen molar-refractivity contribution in [1.82, 2.24) is 4.90 Å². The van der Waals surface area contributed by atoms with Gasteiger partial charge in [0.1, 0.15) is 0 Å². The van der Waals surface area contributed by atoms with Crippen molar-refractivity contribution in [3.05, 3.63) is 28.2 Å². The van der Waals surface area contributed by atoms with Crippen LogP contribution in [-0.4, -0.2) is 41.8 Å². The van der Waals surface area contributed by atoms with Crippen LogP contribution in [0, 0.1) is 0 Å². The molecule has 0 atom stereocenters. The molecule has 0 aliphatic heterocycles. The molecule has 0 aliphatic carbocycles. The number of nitrogens with one attached hydrogen (secondary N) is 1. The van der Waals surface area contributed by atoms with Crippen molar-refractivity contribution in [2.24, 2.45) is 0 Å². The first kappa shape index (κ1) is 17.3. The Morgan fingerprint density at radius 1 is 1.33 bits per heavy atom. The zero-order valence-electron chi connectivity index (χ0n) is 10.9. The van der Waals surface area contributed by atoms with E-state index in [1.54, 1.807) is 0 Å². The van der Waals surface area contributed by atoms with Gasteiger partial charge in [0.15, 0.2) is 0 Å². The van der Waals surface area contributed by atoms with Crippen LogP contribution >= 0.6 is 15.9 Å². The van der Waals surface area contributed by atoms with Crippen LogP contribution in [0.15, 0.2) is 22.7 Å². The van der Waals surface area contributed by atoms with Crippen molar-refractivity contribution < 1.29 is 27.9 Å². The van der Waals surface area contributed by atoms with E-state index in [1.807, 2.05) is 0 Å². The zero-order valence-corrected chi connectivity index (χ0v) is 12.5. The average Bonchev–Trinajstić information content (AvgIpc) is 2.34. The van der Waals surface area contributed by atoms with Gasteiger partial charge in [-0.1, -0.05) is 15.9 Å². The number of benzene rings is 1. The summed E-state index contributed by atoms with van der Waals surface area (Å²) in [5, 5.41) is 11.2. The molecule has 0 saturated carbocycles. The molecule has 2 amide bonds. The van der Waals surface area contributed by atoms with Gasteiger partial charge in [0.25, 0.3) is 0 Å². The molecular formula is C12H12BrF3N2O3. The van der Waals surface area contributed by atoms with Gasteiger partial charge >= 0.3 is 18.2 Å². The number of nitrogens with zero attached hydrogens (tertiary/aromatic N) is 1. The lowest BCUT2D eigenvalue weighted by molar-refractivity contribution is -0.135. The number of rotatable bonds is 4. The van der Waals surface area contributed by atoms with E-state index in [4.69, 9.17) is 5.11 Å². The van der Waals surface area contributed by atoms with Crippen molar-refractivity contribution in [2.45, 2.75) is 12.6 Å². The molecule has 2 N–H and O–H groups in total. The highest BCUT2D eigenvalue weighted by Crippen LogP contribution is 2.21. The van der Waals surface area contributed by atoms with Gasteiger partial charge in [-0.05, 0) is 18.2 Å². The van der Waals surface area contributed by atoms with E-state index in [1.165, 1.54) is 25.2 Å². The second-order valence-corrected chi connectivity index (χ2v) is 5.17. The van der Waals surface area contributed by atoms with Crippen LogP contribution in [0.2, 0.25) is 0 Å². The third-order valence-electron chi connectivity index (χ3n) is 2.47. The van der Waals surface area contributed by atoms with Gasteiger partial charge in [-0.25, -0.2) is 9.59 Å². The molecule has 1 rings (SSSR count). The topological polar surface area (TPSA) is 69.6 Å². The Kier molecular flexibility index (Phi) is 5.59. The fourth-order valence-corrected chi connectivity index (χ4v) is 1.89. The Morgan fingerprint density at radius 2 is 1.95 bits per heavy atom. The lowest BCUT2D eigenvalue weighted by atomic mass is 10.2. The molecule has 21 heavy (non-hydrogen) atoms. The van der Waals surface area contributed by atoms with Gasteiger partial charge in [0.05, 0.1) is 12.0 Å². The standard InChI is InChI=1S/C12H12BrF3N2O3/c1-18(3-2-12(14,15)16)11(21)17-9-5-7(10(19)20)4-8(13)6-9/h4-6H,2-3H2,1H3,(H,17,21)(H,19,20). The summed E-state index contributed by atoms with van der Waals surface area (Å²) in [6.07, 6.45) is -5.46. The van der Waals surface area contributed by atoms with E-state index < -0.39 is 31.1 Å². The van der Waals surface area contributed by atoms with E-state index in [9.17, 15) is 22.8 Å². The minimum Gasteiger partial charge on any atom is -0.478 e. The Labute approximate surface area is 126 Å². The van der Waals surface area contributed by atoms with Crippen LogP contribution in [-0.2, 0) is 0 Å². The lowest BCUT2D eigenvalue weighted by Gasteiger charge is -2.19. The van der Waals surface area contributed by atoms with Crippen LogP contribution in [0.25, 0.3) is 0 Å². The molecule has 116 valence electrons. The summed E-state index contributed by atoms with van der Waals surface area (Å²) >= 11 is 3.09. The van der Waals surface area contributed by atoms with Crippen LogP contribution in [0.1, 0.15) is 16.8 Å². The van der Waals surface area contributed by atoms with Crippen molar-refractivity contribution >= 4 is 33.6 Å². The molecular weight excluding hydrogens is 357 g/mol. The SMILES string of the molecule is CN(CCC(F)(F)F)C(=O)Nc1cc(Br)cc(C(=O)O)c1. The minimum atomic E-state index is -4.35. The van der Waals surface area contributed by atoms with Gasteiger partial charge in [-0.2, -0.15) is 13.2 Å². The number of hydrogen-bond acceptors (Lipinski definition) is 2. The summed E-state index contributed by atoms with van der Waals surface area (Å²) in [6.45, 7) is -0.491. The van der Waals surface area contributed by atoms with Gasteiger partial charge in [0, 0.05) is 23.8 Å². The van der Waals surface area contributed by atoms with Gasteiger partial charge in [0.2, 0.25) is 0 Å². The molecule has 0 fully saturated rings. The fourth-order valence-electron chi connectivity index (χ4n) is 1.40. The third-order valence-corrected chi connectivity index (χ3v) is 2.93. The normalized spacial score (nSPS) is 11.1. The number of carboxylic acid groups (broad SMARTS) is 1. The van der Waals surface area contributed by atoms with Crippen molar-refractivity contribution in [3.63, 3.8) is 0 Å². The number of carboxylic acids is 1. The molecule has 1 aromatic rings. The van der Waals surface area contributed by atoms with E-state index in [-0.39, 0.29) is 11.3 Å². The minimum absolute atomic E-state index is 0.0578. The summed E-state index contributed by atoms with van der Waals surface area (Å²) < 4.78 is 36.6.